The summed E-state index contributed by atoms with van der Waals surface area (Å²) >= 11 is 1.73. The van der Waals surface area contributed by atoms with E-state index in [2.05, 4.69) is 32.8 Å². The van der Waals surface area contributed by atoms with Crippen molar-refractivity contribution in [1.29, 1.82) is 0 Å². The predicted octanol–water partition coefficient (Wildman–Crippen LogP) is 2.87. The van der Waals surface area contributed by atoms with Crippen molar-refractivity contribution in [3.8, 4) is 0 Å². The summed E-state index contributed by atoms with van der Waals surface area (Å²) in [6.07, 6.45) is 4.45. The standard InChI is InChI=1S/C15H17N5S/c1-3-11-6-12-14(18-9-19-15(12)21-11)20(2)8-10-4-5-13(16)17-7-10/h4-7,9H,3,8H2,1-2H3,(H2,16,17). The third kappa shape index (κ3) is 2.80. The molecule has 6 heteroatoms. The van der Waals surface area contributed by atoms with Gasteiger partial charge in [0.2, 0.25) is 0 Å². The number of aryl methyl sites for hydroxylation is 1. The molecule has 0 fully saturated rings. The maximum Gasteiger partial charge on any atom is 0.140 e. The van der Waals surface area contributed by atoms with Gasteiger partial charge < -0.3 is 10.6 Å². The first-order valence-corrected chi connectivity index (χ1v) is 7.64. The molecule has 3 rings (SSSR count). The average molecular weight is 299 g/mol. The average Bonchev–Trinajstić information content (AvgIpc) is 2.92. The highest BCUT2D eigenvalue weighted by Gasteiger charge is 2.12. The number of fused-ring (bicyclic) bond motifs is 1. The molecule has 21 heavy (non-hydrogen) atoms. The molecule has 0 saturated carbocycles. The second kappa shape index (κ2) is 5.65. The van der Waals surface area contributed by atoms with Gasteiger partial charge in [-0.25, -0.2) is 15.0 Å². The van der Waals surface area contributed by atoms with Gasteiger partial charge in [0.05, 0.1) is 5.39 Å². The Morgan fingerprint density at radius 3 is 2.81 bits per heavy atom. The highest BCUT2D eigenvalue weighted by atomic mass is 32.1. The summed E-state index contributed by atoms with van der Waals surface area (Å²) in [5.74, 6) is 1.49. The van der Waals surface area contributed by atoms with Crippen LogP contribution in [0.4, 0.5) is 11.6 Å². The number of aromatic nitrogens is 3. The number of hydrogen-bond acceptors (Lipinski definition) is 6. The minimum absolute atomic E-state index is 0.538. The molecule has 0 atom stereocenters. The number of thiophene rings is 1. The second-order valence-corrected chi connectivity index (χ2v) is 6.04. The van der Waals surface area contributed by atoms with Gasteiger partial charge in [0.25, 0.3) is 0 Å². The number of anilines is 2. The van der Waals surface area contributed by atoms with Crippen LogP contribution in [-0.2, 0) is 13.0 Å². The Bertz CT molecular complexity index is 750. The summed E-state index contributed by atoms with van der Waals surface area (Å²) in [7, 11) is 2.03. The van der Waals surface area contributed by atoms with Crippen LogP contribution >= 0.6 is 11.3 Å². The SMILES string of the molecule is CCc1cc2c(N(C)Cc3ccc(N)nc3)ncnc2s1. The molecule has 3 aromatic heterocycles. The third-order valence-electron chi connectivity index (χ3n) is 3.34. The summed E-state index contributed by atoms with van der Waals surface area (Å²) in [5, 5.41) is 1.12. The molecule has 0 bridgehead atoms. The summed E-state index contributed by atoms with van der Waals surface area (Å²) in [6.45, 7) is 2.89. The van der Waals surface area contributed by atoms with Gasteiger partial charge in [-0.3, -0.25) is 0 Å². The van der Waals surface area contributed by atoms with Gasteiger partial charge >= 0.3 is 0 Å². The molecule has 0 aliphatic carbocycles. The molecule has 0 saturated heterocycles. The van der Waals surface area contributed by atoms with Crippen molar-refractivity contribution in [2.24, 2.45) is 0 Å². The molecule has 0 unspecified atom stereocenters. The highest BCUT2D eigenvalue weighted by molar-refractivity contribution is 7.18. The Labute approximate surface area is 127 Å². The molecule has 0 aliphatic rings. The molecule has 0 radical (unpaired) electrons. The molecule has 5 nitrogen and oxygen atoms in total. The van der Waals surface area contributed by atoms with Crippen LogP contribution < -0.4 is 10.6 Å². The molecule has 3 heterocycles. The molecular weight excluding hydrogens is 282 g/mol. The van der Waals surface area contributed by atoms with Gasteiger partial charge in [-0.1, -0.05) is 13.0 Å². The van der Waals surface area contributed by atoms with Crippen LogP contribution in [0, 0.1) is 0 Å². The van der Waals surface area contributed by atoms with E-state index in [1.165, 1.54) is 4.88 Å². The molecule has 0 amide bonds. The van der Waals surface area contributed by atoms with Crippen LogP contribution in [0.5, 0.6) is 0 Å². The molecule has 0 aromatic carbocycles. The van der Waals surface area contributed by atoms with E-state index in [-0.39, 0.29) is 0 Å². The van der Waals surface area contributed by atoms with Crippen molar-refractivity contribution < 1.29 is 0 Å². The van der Waals surface area contributed by atoms with Crippen LogP contribution in [0.15, 0.2) is 30.7 Å². The fourth-order valence-electron chi connectivity index (χ4n) is 2.25. The van der Waals surface area contributed by atoms with Crippen molar-refractivity contribution in [3.63, 3.8) is 0 Å². The Morgan fingerprint density at radius 1 is 1.24 bits per heavy atom. The lowest BCUT2D eigenvalue weighted by molar-refractivity contribution is 0.895. The smallest absolute Gasteiger partial charge is 0.140 e. The van der Waals surface area contributed by atoms with E-state index in [1.54, 1.807) is 23.9 Å². The monoisotopic (exact) mass is 299 g/mol. The Morgan fingerprint density at radius 2 is 2.10 bits per heavy atom. The van der Waals surface area contributed by atoms with Crippen LogP contribution in [0.25, 0.3) is 10.2 Å². The molecule has 2 N–H and O–H groups in total. The topological polar surface area (TPSA) is 67.9 Å². The first-order valence-electron chi connectivity index (χ1n) is 6.82. The van der Waals surface area contributed by atoms with E-state index >= 15 is 0 Å². The largest absolute Gasteiger partial charge is 0.384 e. The molecule has 108 valence electrons. The Balaban J connectivity index is 1.91. The number of nitrogens with two attached hydrogens (primary N) is 1. The van der Waals surface area contributed by atoms with E-state index in [1.807, 2.05) is 19.2 Å². The lowest BCUT2D eigenvalue weighted by atomic mass is 10.2. The number of nitrogen functional groups attached to an aromatic ring is 1. The summed E-state index contributed by atoms with van der Waals surface area (Å²) in [5.41, 5.74) is 6.72. The van der Waals surface area contributed by atoms with Crippen molar-refractivity contribution in [1.82, 2.24) is 15.0 Å². The number of rotatable bonds is 4. The van der Waals surface area contributed by atoms with E-state index in [0.29, 0.717) is 5.82 Å². The molecule has 3 aromatic rings. The number of pyridine rings is 1. The minimum Gasteiger partial charge on any atom is -0.384 e. The lowest BCUT2D eigenvalue weighted by Gasteiger charge is -2.18. The van der Waals surface area contributed by atoms with E-state index in [9.17, 15) is 0 Å². The zero-order valence-electron chi connectivity index (χ0n) is 12.1. The zero-order chi connectivity index (χ0) is 14.8. The lowest BCUT2D eigenvalue weighted by Crippen LogP contribution is -2.18. The Hall–Kier alpha value is -2.21. The Kier molecular flexibility index (Phi) is 3.70. The van der Waals surface area contributed by atoms with Gasteiger partial charge in [0.1, 0.15) is 22.8 Å². The van der Waals surface area contributed by atoms with Gasteiger partial charge in [0, 0.05) is 24.7 Å². The van der Waals surface area contributed by atoms with E-state index < -0.39 is 0 Å². The molecular formula is C15H17N5S. The normalized spacial score (nSPS) is 11.0. The third-order valence-corrected chi connectivity index (χ3v) is 4.52. The summed E-state index contributed by atoms with van der Waals surface area (Å²) in [4.78, 5) is 17.4. The van der Waals surface area contributed by atoms with Crippen molar-refractivity contribution >= 4 is 33.2 Å². The minimum atomic E-state index is 0.538. The van der Waals surface area contributed by atoms with Crippen molar-refractivity contribution in [2.45, 2.75) is 19.9 Å². The van der Waals surface area contributed by atoms with Crippen LogP contribution in [0.3, 0.4) is 0 Å². The van der Waals surface area contributed by atoms with Crippen LogP contribution in [0.1, 0.15) is 17.4 Å². The van der Waals surface area contributed by atoms with Gasteiger partial charge in [0.15, 0.2) is 0 Å². The van der Waals surface area contributed by atoms with E-state index in [0.717, 1.165) is 34.6 Å². The molecule has 0 spiro atoms. The van der Waals surface area contributed by atoms with Gasteiger partial charge in [-0.05, 0) is 24.1 Å². The quantitative estimate of drug-likeness (QED) is 0.802. The van der Waals surface area contributed by atoms with Crippen molar-refractivity contribution in [3.05, 3.63) is 41.2 Å². The summed E-state index contributed by atoms with van der Waals surface area (Å²) < 4.78 is 0. The van der Waals surface area contributed by atoms with Gasteiger partial charge in [-0.2, -0.15) is 0 Å². The number of nitrogens with zero attached hydrogens (tertiary/aromatic N) is 4. The zero-order valence-corrected chi connectivity index (χ0v) is 12.9. The van der Waals surface area contributed by atoms with Crippen molar-refractivity contribution in [2.75, 3.05) is 17.7 Å². The fourth-order valence-corrected chi connectivity index (χ4v) is 3.18. The molecule has 0 aliphatic heterocycles. The predicted molar refractivity (Wildman–Crippen MR) is 87.5 cm³/mol. The van der Waals surface area contributed by atoms with Crippen LogP contribution in [0.2, 0.25) is 0 Å². The maximum absolute atomic E-state index is 5.62. The first kappa shape index (κ1) is 13.8. The maximum atomic E-state index is 5.62. The number of hydrogen-bond donors (Lipinski definition) is 1. The van der Waals surface area contributed by atoms with Gasteiger partial charge in [-0.15, -0.1) is 11.3 Å². The first-order chi connectivity index (χ1) is 10.2. The fraction of sp³-hybridized carbons (Fsp3) is 0.267. The summed E-state index contributed by atoms with van der Waals surface area (Å²) in [6, 6.07) is 5.99. The highest BCUT2D eigenvalue weighted by Crippen LogP contribution is 2.30. The van der Waals surface area contributed by atoms with Crippen LogP contribution in [-0.4, -0.2) is 22.0 Å². The van der Waals surface area contributed by atoms with E-state index in [4.69, 9.17) is 5.73 Å². The second-order valence-electron chi connectivity index (χ2n) is 4.93.